The molecular weight excluding hydrogens is 316 g/mol. The van der Waals surface area contributed by atoms with Crippen LogP contribution in [-0.4, -0.2) is 30.9 Å². The van der Waals surface area contributed by atoms with Gasteiger partial charge in [0.25, 0.3) is 0 Å². The van der Waals surface area contributed by atoms with E-state index in [-0.39, 0.29) is 11.9 Å². The van der Waals surface area contributed by atoms with Gasteiger partial charge in [-0.05, 0) is 81.5 Å². The fourth-order valence-corrected chi connectivity index (χ4v) is 5.16. The number of carbonyl (C=O) groups excluding carboxylic acids is 1. The van der Waals surface area contributed by atoms with Gasteiger partial charge in [0.15, 0.2) is 0 Å². The molecule has 0 radical (unpaired) electrons. The average molecular weight is 346 g/mol. The third-order valence-electron chi connectivity index (χ3n) is 6.55. The zero-order chi connectivity index (χ0) is 18.1. The highest BCUT2D eigenvalue weighted by molar-refractivity contribution is 5.77. The van der Waals surface area contributed by atoms with E-state index >= 15 is 0 Å². The summed E-state index contributed by atoms with van der Waals surface area (Å²) in [6, 6.07) is 6.27. The molecule has 1 fully saturated rings. The summed E-state index contributed by atoms with van der Waals surface area (Å²) in [5.74, 6) is 0.617. The molecule has 0 aromatic heterocycles. The molecule has 25 heavy (non-hydrogen) atoms. The van der Waals surface area contributed by atoms with E-state index in [1.165, 1.54) is 18.2 Å². The van der Waals surface area contributed by atoms with E-state index in [1.807, 2.05) is 13.0 Å². The smallest absolute Gasteiger partial charge is 0.311 e. The molecule has 1 aromatic rings. The quantitative estimate of drug-likeness (QED) is 0.830. The minimum Gasteiger partial charge on any atom is -0.497 e. The number of fused-ring (bicyclic) bond motifs is 2. The first-order chi connectivity index (χ1) is 11.9. The number of ether oxygens (including phenoxy) is 2. The summed E-state index contributed by atoms with van der Waals surface area (Å²) in [7, 11) is 3.14. The van der Waals surface area contributed by atoms with Gasteiger partial charge in [0, 0.05) is 5.92 Å². The Bertz CT molecular complexity index is 641. The van der Waals surface area contributed by atoms with Crippen LogP contribution in [0.25, 0.3) is 0 Å². The van der Waals surface area contributed by atoms with Gasteiger partial charge in [0.1, 0.15) is 5.75 Å². The predicted octanol–water partition coefficient (Wildman–Crippen LogP) is 3.67. The summed E-state index contributed by atoms with van der Waals surface area (Å²) in [5, 5.41) is 11.4. The normalized spacial score (nSPS) is 32.4. The van der Waals surface area contributed by atoms with Gasteiger partial charge in [0.2, 0.25) is 0 Å². The predicted molar refractivity (Wildman–Crippen MR) is 96.7 cm³/mol. The highest BCUT2D eigenvalue weighted by atomic mass is 16.5. The maximum absolute atomic E-state index is 12.6. The molecule has 1 N–H and O–H groups in total. The van der Waals surface area contributed by atoms with Gasteiger partial charge in [0.05, 0.1) is 25.2 Å². The number of esters is 1. The van der Waals surface area contributed by atoms with Crippen molar-refractivity contribution in [3.05, 3.63) is 29.3 Å². The lowest BCUT2D eigenvalue weighted by atomic mass is 9.58. The van der Waals surface area contributed by atoms with Crippen LogP contribution in [0.3, 0.4) is 0 Å². The molecule has 4 heteroatoms. The van der Waals surface area contributed by atoms with Crippen molar-refractivity contribution in [3.63, 3.8) is 0 Å². The van der Waals surface area contributed by atoms with Crippen LogP contribution in [0, 0.1) is 11.3 Å². The van der Waals surface area contributed by atoms with Gasteiger partial charge in [-0.25, -0.2) is 0 Å². The SMILES string of the molecule is COC(=O)[C@]1(C)CCC[C@]2(O)CCCc3ccc(OC)cc3CC[C@H]21. The Kier molecular flexibility index (Phi) is 5.10. The number of hydrogen-bond donors (Lipinski definition) is 1. The number of aliphatic hydroxyl groups is 1. The molecule has 0 bridgehead atoms. The maximum Gasteiger partial charge on any atom is 0.311 e. The van der Waals surface area contributed by atoms with E-state index in [9.17, 15) is 9.90 Å². The van der Waals surface area contributed by atoms with Crippen molar-refractivity contribution in [1.82, 2.24) is 0 Å². The zero-order valence-corrected chi connectivity index (χ0v) is 15.6. The fraction of sp³-hybridized carbons (Fsp3) is 0.667. The van der Waals surface area contributed by atoms with Crippen LogP contribution in [0.1, 0.15) is 56.6 Å². The van der Waals surface area contributed by atoms with E-state index in [0.29, 0.717) is 0 Å². The lowest BCUT2D eigenvalue weighted by molar-refractivity contribution is -0.175. The van der Waals surface area contributed by atoms with Crippen molar-refractivity contribution in [3.8, 4) is 5.75 Å². The van der Waals surface area contributed by atoms with Gasteiger partial charge in [-0.2, -0.15) is 0 Å². The van der Waals surface area contributed by atoms with Gasteiger partial charge < -0.3 is 14.6 Å². The van der Waals surface area contributed by atoms with Crippen LogP contribution in [0.2, 0.25) is 0 Å². The van der Waals surface area contributed by atoms with Gasteiger partial charge in [-0.15, -0.1) is 0 Å². The van der Waals surface area contributed by atoms with Crippen molar-refractivity contribution in [2.24, 2.45) is 11.3 Å². The summed E-state index contributed by atoms with van der Waals surface area (Å²) >= 11 is 0. The van der Waals surface area contributed by atoms with E-state index < -0.39 is 11.0 Å². The summed E-state index contributed by atoms with van der Waals surface area (Å²) < 4.78 is 10.5. The van der Waals surface area contributed by atoms with Gasteiger partial charge >= 0.3 is 5.97 Å². The van der Waals surface area contributed by atoms with E-state index in [0.717, 1.165) is 57.1 Å². The lowest BCUT2D eigenvalue weighted by Crippen LogP contribution is -2.53. The Balaban J connectivity index is 1.95. The molecular formula is C21H30O4. The molecule has 0 amide bonds. The van der Waals surface area contributed by atoms with Crippen molar-refractivity contribution in [1.29, 1.82) is 0 Å². The third kappa shape index (κ3) is 3.29. The maximum atomic E-state index is 12.6. The monoisotopic (exact) mass is 346 g/mol. The highest BCUT2D eigenvalue weighted by Gasteiger charge is 2.54. The average Bonchev–Trinajstić information content (AvgIpc) is 2.68. The molecule has 0 saturated heterocycles. The molecule has 0 spiro atoms. The molecule has 0 heterocycles. The number of benzene rings is 1. The molecule has 3 rings (SSSR count). The van der Waals surface area contributed by atoms with Crippen LogP contribution in [-0.2, 0) is 22.4 Å². The number of rotatable bonds is 2. The molecule has 0 aliphatic heterocycles. The van der Waals surface area contributed by atoms with Crippen LogP contribution >= 0.6 is 0 Å². The molecule has 1 aromatic carbocycles. The van der Waals surface area contributed by atoms with Gasteiger partial charge in [-0.1, -0.05) is 6.07 Å². The molecule has 4 nitrogen and oxygen atoms in total. The molecule has 0 unspecified atom stereocenters. The zero-order valence-electron chi connectivity index (χ0n) is 15.6. The summed E-state index contributed by atoms with van der Waals surface area (Å²) in [6.45, 7) is 1.98. The first-order valence-electron chi connectivity index (χ1n) is 9.39. The van der Waals surface area contributed by atoms with Crippen molar-refractivity contribution in [2.75, 3.05) is 14.2 Å². The molecule has 138 valence electrons. The molecule has 2 aliphatic rings. The van der Waals surface area contributed by atoms with E-state index in [2.05, 4.69) is 12.1 Å². The highest BCUT2D eigenvalue weighted by Crippen LogP contribution is 2.51. The number of aryl methyl sites for hydroxylation is 2. The summed E-state index contributed by atoms with van der Waals surface area (Å²) in [5.41, 5.74) is 1.24. The Morgan fingerprint density at radius 1 is 1.12 bits per heavy atom. The topological polar surface area (TPSA) is 55.8 Å². The van der Waals surface area contributed by atoms with E-state index in [1.54, 1.807) is 7.11 Å². The second kappa shape index (κ2) is 6.99. The molecule has 1 saturated carbocycles. The second-order valence-corrected chi connectivity index (χ2v) is 7.95. The Hall–Kier alpha value is -1.55. The first-order valence-corrected chi connectivity index (χ1v) is 9.39. The summed E-state index contributed by atoms with van der Waals surface area (Å²) in [4.78, 5) is 12.6. The Labute approximate surface area is 150 Å². The Morgan fingerprint density at radius 2 is 1.88 bits per heavy atom. The largest absolute Gasteiger partial charge is 0.497 e. The van der Waals surface area contributed by atoms with Crippen LogP contribution in [0.5, 0.6) is 5.75 Å². The number of hydrogen-bond acceptors (Lipinski definition) is 4. The molecule has 3 atom stereocenters. The summed E-state index contributed by atoms with van der Waals surface area (Å²) in [6.07, 6.45) is 6.73. The standard InChI is InChI=1S/C21H30O4/c1-20(19(22)25-3)11-5-13-21(23)12-4-6-15-7-9-17(24-2)14-16(15)8-10-18(20)21/h7,9,14,18,23H,4-6,8,10-13H2,1-3H3/t18-,20+,21+/m0/s1. The van der Waals surface area contributed by atoms with Gasteiger partial charge in [-0.3, -0.25) is 4.79 Å². The minimum atomic E-state index is -0.771. The van der Waals surface area contributed by atoms with Crippen molar-refractivity contribution in [2.45, 2.75) is 63.9 Å². The fourth-order valence-electron chi connectivity index (χ4n) is 5.16. The van der Waals surface area contributed by atoms with Crippen molar-refractivity contribution < 1.29 is 19.4 Å². The molecule has 2 aliphatic carbocycles. The second-order valence-electron chi connectivity index (χ2n) is 7.95. The van der Waals surface area contributed by atoms with Crippen LogP contribution < -0.4 is 4.74 Å². The van der Waals surface area contributed by atoms with E-state index in [4.69, 9.17) is 9.47 Å². The van der Waals surface area contributed by atoms with Crippen LogP contribution in [0.15, 0.2) is 18.2 Å². The lowest BCUT2D eigenvalue weighted by Gasteiger charge is -2.49. The minimum absolute atomic E-state index is 0.0710. The number of carbonyl (C=O) groups is 1. The number of methoxy groups -OCH3 is 2. The first kappa shape index (κ1) is 18.2. The van der Waals surface area contributed by atoms with Crippen LogP contribution in [0.4, 0.5) is 0 Å². The third-order valence-corrected chi connectivity index (χ3v) is 6.55. The van der Waals surface area contributed by atoms with Crippen molar-refractivity contribution >= 4 is 5.97 Å². The Morgan fingerprint density at radius 3 is 2.60 bits per heavy atom.